The maximum Gasteiger partial charge on any atom is 0.193 e. The van der Waals surface area contributed by atoms with Crippen LogP contribution in [0.25, 0.3) is 22.3 Å². The number of para-hydroxylation sites is 1. The van der Waals surface area contributed by atoms with Gasteiger partial charge in [-0.15, -0.1) is 0 Å². The molecule has 6 heteroatoms. The van der Waals surface area contributed by atoms with Crippen LogP contribution >= 0.6 is 0 Å². The molecule has 6 nitrogen and oxygen atoms in total. The Morgan fingerprint density at radius 1 is 0.879 bits per heavy atom. The molecule has 0 bridgehead atoms. The second-order valence-electron chi connectivity index (χ2n) is 8.32. The first-order valence-electron chi connectivity index (χ1n) is 11.3. The third kappa shape index (κ3) is 5.30. The van der Waals surface area contributed by atoms with E-state index in [1.807, 2.05) is 54.9 Å². The molecule has 1 fully saturated rings. The normalized spacial score (nSPS) is 15.0. The van der Waals surface area contributed by atoms with Crippen LogP contribution in [0.4, 0.5) is 0 Å². The van der Waals surface area contributed by atoms with Crippen LogP contribution in [-0.4, -0.2) is 54.1 Å². The van der Waals surface area contributed by atoms with Crippen molar-refractivity contribution in [3.05, 3.63) is 94.9 Å². The van der Waals surface area contributed by atoms with Crippen LogP contribution in [0.2, 0.25) is 0 Å². The predicted octanol–water partition coefficient (Wildman–Crippen LogP) is 4.05. The Kier molecular flexibility index (Phi) is 6.46. The summed E-state index contributed by atoms with van der Waals surface area (Å²) in [6.45, 7) is 6.76. The summed E-state index contributed by atoms with van der Waals surface area (Å²) in [5.74, 6) is 1.38. The summed E-state index contributed by atoms with van der Waals surface area (Å²) in [5.41, 5.74) is 2.73. The van der Waals surface area contributed by atoms with Gasteiger partial charge in [0.05, 0.1) is 5.39 Å². The summed E-state index contributed by atoms with van der Waals surface area (Å²) in [6, 6.07) is 20.7. The molecule has 0 aliphatic carbocycles. The second kappa shape index (κ2) is 9.98. The molecule has 0 radical (unpaired) electrons. The van der Waals surface area contributed by atoms with E-state index in [1.54, 1.807) is 12.1 Å². The number of benzene rings is 2. The topological polar surface area (TPSA) is 58.8 Å². The van der Waals surface area contributed by atoms with Crippen LogP contribution < -0.4 is 10.2 Å². The SMILES string of the molecule is O=c1cc(-c2ccc(OCCN3CCN(Cc4ccncc4)CC3)cc2)oc2ccccc12. The van der Waals surface area contributed by atoms with Crippen molar-refractivity contribution < 1.29 is 9.15 Å². The van der Waals surface area contributed by atoms with Gasteiger partial charge in [-0.1, -0.05) is 12.1 Å². The van der Waals surface area contributed by atoms with Crippen molar-refractivity contribution in [2.75, 3.05) is 39.3 Å². The molecule has 2 aromatic heterocycles. The van der Waals surface area contributed by atoms with Gasteiger partial charge in [0.1, 0.15) is 23.7 Å². The number of piperazine rings is 1. The van der Waals surface area contributed by atoms with E-state index in [0.717, 1.165) is 50.6 Å². The van der Waals surface area contributed by atoms with Crippen LogP contribution in [-0.2, 0) is 6.54 Å². The van der Waals surface area contributed by atoms with Crippen molar-refractivity contribution in [3.63, 3.8) is 0 Å². The van der Waals surface area contributed by atoms with E-state index in [9.17, 15) is 4.79 Å². The molecule has 168 valence electrons. The lowest BCUT2D eigenvalue weighted by molar-refractivity contribution is 0.112. The van der Waals surface area contributed by atoms with E-state index >= 15 is 0 Å². The van der Waals surface area contributed by atoms with Gasteiger partial charge in [0.2, 0.25) is 0 Å². The quantitative estimate of drug-likeness (QED) is 0.431. The minimum atomic E-state index is -0.0342. The van der Waals surface area contributed by atoms with Gasteiger partial charge >= 0.3 is 0 Å². The lowest BCUT2D eigenvalue weighted by atomic mass is 10.1. The fourth-order valence-electron chi connectivity index (χ4n) is 4.17. The van der Waals surface area contributed by atoms with Gasteiger partial charge in [0, 0.05) is 63.3 Å². The molecule has 2 aromatic carbocycles. The maximum absolute atomic E-state index is 12.3. The molecule has 0 N–H and O–H groups in total. The highest BCUT2D eigenvalue weighted by Crippen LogP contribution is 2.24. The highest BCUT2D eigenvalue weighted by Gasteiger charge is 2.16. The minimum Gasteiger partial charge on any atom is -0.492 e. The molecular weight excluding hydrogens is 414 g/mol. The minimum absolute atomic E-state index is 0.0342. The molecule has 1 saturated heterocycles. The van der Waals surface area contributed by atoms with Gasteiger partial charge in [-0.3, -0.25) is 19.6 Å². The van der Waals surface area contributed by atoms with Crippen molar-refractivity contribution in [2.45, 2.75) is 6.54 Å². The molecule has 0 spiro atoms. The number of fused-ring (bicyclic) bond motifs is 1. The molecule has 3 heterocycles. The molecule has 4 aromatic rings. The molecule has 0 atom stereocenters. The van der Waals surface area contributed by atoms with E-state index in [2.05, 4.69) is 26.9 Å². The first kappa shape index (κ1) is 21.4. The fourth-order valence-corrected chi connectivity index (χ4v) is 4.17. The summed E-state index contributed by atoms with van der Waals surface area (Å²) in [4.78, 5) is 21.4. The number of pyridine rings is 1. The van der Waals surface area contributed by atoms with Gasteiger partial charge in [0.15, 0.2) is 5.43 Å². The number of rotatable bonds is 7. The largest absolute Gasteiger partial charge is 0.492 e. The predicted molar refractivity (Wildman–Crippen MR) is 129 cm³/mol. The van der Waals surface area contributed by atoms with Gasteiger partial charge in [0.25, 0.3) is 0 Å². The molecule has 1 aliphatic rings. The lowest BCUT2D eigenvalue weighted by Gasteiger charge is -2.34. The van der Waals surface area contributed by atoms with Gasteiger partial charge in [-0.25, -0.2) is 0 Å². The summed E-state index contributed by atoms with van der Waals surface area (Å²) < 4.78 is 11.9. The van der Waals surface area contributed by atoms with Crippen LogP contribution in [0, 0.1) is 0 Å². The van der Waals surface area contributed by atoms with Gasteiger partial charge < -0.3 is 9.15 Å². The molecule has 0 amide bonds. The van der Waals surface area contributed by atoms with Crippen molar-refractivity contribution in [1.29, 1.82) is 0 Å². The Balaban J connectivity index is 1.10. The smallest absolute Gasteiger partial charge is 0.193 e. The van der Waals surface area contributed by atoms with E-state index in [-0.39, 0.29) is 5.43 Å². The zero-order valence-electron chi connectivity index (χ0n) is 18.5. The third-order valence-corrected chi connectivity index (χ3v) is 6.07. The number of aromatic nitrogens is 1. The molecule has 0 unspecified atom stereocenters. The summed E-state index contributed by atoms with van der Waals surface area (Å²) in [6.07, 6.45) is 3.71. The Bertz CT molecular complexity index is 1250. The van der Waals surface area contributed by atoms with E-state index in [1.165, 1.54) is 5.56 Å². The van der Waals surface area contributed by atoms with Gasteiger partial charge in [-0.05, 0) is 54.1 Å². The Hall–Kier alpha value is -3.48. The number of hydrogen-bond acceptors (Lipinski definition) is 6. The molecule has 33 heavy (non-hydrogen) atoms. The van der Waals surface area contributed by atoms with Crippen molar-refractivity contribution in [1.82, 2.24) is 14.8 Å². The summed E-state index contributed by atoms with van der Waals surface area (Å²) in [7, 11) is 0. The van der Waals surface area contributed by atoms with Crippen LogP contribution in [0.1, 0.15) is 5.56 Å². The molecule has 1 aliphatic heterocycles. The van der Waals surface area contributed by atoms with Crippen molar-refractivity contribution in [3.8, 4) is 17.1 Å². The Morgan fingerprint density at radius 2 is 1.61 bits per heavy atom. The molecule has 0 saturated carbocycles. The summed E-state index contributed by atoms with van der Waals surface area (Å²) in [5, 5.41) is 0.597. The lowest BCUT2D eigenvalue weighted by Crippen LogP contribution is -2.47. The van der Waals surface area contributed by atoms with E-state index in [4.69, 9.17) is 9.15 Å². The monoisotopic (exact) mass is 441 g/mol. The average Bonchev–Trinajstić information content (AvgIpc) is 2.86. The third-order valence-electron chi connectivity index (χ3n) is 6.07. The highest BCUT2D eigenvalue weighted by molar-refractivity contribution is 5.78. The average molecular weight is 442 g/mol. The first-order valence-corrected chi connectivity index (χ1v) is 11.3. The standard InChI is InChI=1S/C27H27N3O3/c31-25-19-27(33-26-4-2-1-3-24(25)26)22-5-7-23(8-6-22)32-18-17-29-13-15-30(16-14-29)20-21-9-11-28-12-10-21/h1-12,19H,13-18,20H2. The highest BCUT2D eigenvalue weighted by atomic mass is 16.5. The molecule has 5 rings (SSSR count). The fraction of sp³-hybridized carbons (Fsp3) is 0.259. The van der Waals surface area contributed by atoms with Gasteiger partial charge in [-0.2, -0.15) is 0 Å². The second-order valence-corrected chi connectivity index (χ2v) is 8.32. The zero-order valence-corrected chi connectivity index (χ0v) is 18.5. The number of nitrogens with zero attached hydrogens (tertiary/aromatic N) is 3. The summed E-state index contributed by atoms with van der Waals surface area (Å²) >= 11 is 0. The number of ether oxygens (including phenoxy) is 1. The Labute approximate surface area is 193 Å². The van der Waals surface area contributed by atoms with Crippen LogP contribution in [0.5, 0.6) is 5.75 Å². The van der Waals surface area contributed by atoms with Crippen LogP contribution in [0.3, 0.4) is 0 Å². The van der Waals surface area contributed by atoms with Crippen molar-refractivity contribution in [2.24, 2.45) is 0 Å². The van der Waals surface area contributed by atoms with E-state index < -0.39 is 0 Å². The Morgan fingerprint density at radius 3 is 2.39 bits per heavy atom. The maximum atomic E-state index is 12.3. The van der Waals surface area contributed by atoms with Crippen molar-refractivity contribution >= 4 is 11.0 Å². The molecular formula is C27H27N3O3. The van der Waals surface area contributed by atoms with Crippen LogP contribution in [0.15, 0.2) is 88.3 Å². The number of hydrogen-bond donors (Lipinski definition) is 0. The first-order chi connectivity index (χ1) is 16.2. The van der Waals surface area contributed by atoms with E-state index in [0.29, 0.717) is 23.3 Å². The zero-order chi connectivity index (χ0) is 22.5.